The first-order valence-corrected chi connectivity index (χ1v) is 12.4. The molecule has 1 fully saturated rings. The molecule has 6 nitrogen and oxygen atoms in total. The largest absolute Gasteiger partial charge is 0.437 e. The lowest BCUT2D eigenvalue weighted by Gasteiger charge is -2.43. The fourth-order valence-electron chi connectivity index (χ4n) is 4.07. The van der Waals surface area contributed by atoms with Crippen molar-refractivity contribution in [1.29, 1.82) is 0 Å². The summed E-state index contributed by atoms with van der Waals surface area (Å²) in [5.74, 6) is -3.60. The molecule has 4 rings (SSSR count). The van der Waals surface area contributed by atoms with E-state index in [0.717, 1.165) is 18.9 Å². The molecule has 2 aliphatic rings. The maximum atomic E-state index is 14.6. The van der Waals surface area contributed by atoms with Crippen LogP contribution >= 0.6 is 22.6 Å². The first-order valence-electron chi connectivity index (χ1n) is 11.3. The van der Waals surface area contributed by atoms with Crippen LogP contribution in [0, 0.1) is 21.0 Å². The van der Waals surface area contributed by atoms with Crippen LogP contribution in [0.25, 0.3) is 0 Å². The van der Waals surface area contributed by atoms with Crippen molar-refractivity contribution in [2.24, 2.45) is 4.99 Å². The summed E-state index contributed by atoms with van der Waals surface area (Å²) in [6.45, 7) is 3.46. The smallest absolute Gasteiger partial charge is 0.256 e. The molecular weight excluding hydrogens is 572 g/mol. The van der Waals surface area contributed by atoms with Gasteiger partial charge in [-0.1, -0.05) is 6.08 Å². The van der Waals surface area contributed by atoms with Gasteiger partial charge in [0.05, 0.1) is 42.6 Å². The highest BCUT2D eigenvalue weighted by molar-refractivity contribution is 14.1. The van der Waals surface area contributed by atoms with Gasteiger partial charge in [-0.2, -0.15) is 0 Å². The first-order chi connectivity index (χ1) is 16.6. The minimum atomic E-state index is -1.26. The van der Waals surface area contributed by atoms with E-state index in [1.165, 1.54) is 28.7 Å². The van der Waals surface area contributed by atoms with Crippen LogP contribution in [0.4, 0.5) is 24.5 Å². The highest BCUT2D eigenvalue weighted by Crippen LogP contribution is 2.31. The number of rotatable bonds is 8. The number of amides is 1. The topological polar surface area (TPSA) is 79.6 Å². The highest BCUT2D eigenvalue weighted by atomic mass is 127. The molecule has 0 saturated carbocycles. The maximum absolute atomic E-state index is 14.6. The van der Waals surface area contributed by atoms with Crippen LogP contribution in [0.1, 0.15) is 30.1 Å². The molecule has 1 saturated heterocycles. The van der Waals surface area contributed by atoms with Gasteiger partial charge in [-0.15, -0.1) is 0 Å². The molecule has 186 valence electrons. The van der Waals surface area contributed by atoms with Crippen molar-refractivity contribution in [2.45, 2.75) is 31.4 Å². The molecule has 4 N–H and O–H groups in total. The molecule has 1 atom stereocenters. The fourth-order valence-corrected chi connectivity index (χ4v) is 4.53. The molecule has 35 heavy (non-hydrogen) atoms. The zero-order chi connectivity index (χ0) is 25.2. The van der Waals surface area contributed by atoms with Crippen molar-refractivity contribution in [3.8, 4) is 0 Å². The molecule has 0 spiro atoms. The van der Waals surface area contributed by atoms with E-state index < -0.39 is 34.6 Å². The van der Waals surface area contributed by atoms with Crippen molar-refractivity contribution in [3.63, 3.8) is 0 Å². The van der Waals surface area contributed by atoms with Crippen molar-refractivity contribution in [1.82, 2.24) is 10.2 Å². The molecular formula is C25H27F3IN4O2+. The normalized spacial score (nSPS) is 18.7. The van der Waals surface area contributed by atoms with E-state index in [1.807, 2.05) is 28.8 Å². The zero-order valence-electron chi connectivity index (χ0n) is 19.2. The lowest BCUT2D eigenvalue weighted by Crippen LogP contribution is -2.67. The Balaban J connectivity index is 1.37. The Labute approximate surface area is 215 Å². The van der Waals surface area contributed by atoms with Gasteiger partial charge in [0.2, 0.25) is 5.60 Å². The van der Waals surface area contributed by atoms with E-state index in [-0.39, 0.29) is 24.3 Å². The summed E-state index contributed by atoms with van der Waals surface area (Å²) in [6, 6.07) is 6.63. The Morgan fingerprint density at radius 1 is 1.23 bits per heavy atom. The number of hydrogen-bond acceptors (Lipinski definition) is 4. The number of carbonyl (C=O) groups excluding carboxylic acids is 1. The van der Waals surface area contributed by atoms with Crippen molar-refractivity contribution >= 4 is 46.1 Å². The number of carbonyl (C=O) groups is 1. The molecule has 2 aromatic rings. The molecule has 1 amide bonds. The second kappa shape index (κ2) is 10.7. The third-order valence-corrected chi connectivity index (χ3v) is 6.73. The quantitative estimate of drug-likeness (QED) is 0.272. The number of benzene rings is 2. The first kappa shape index (κ1) is 25.6. The molecule has 0 bridgehead atoms. The van der Waals surface area contributed by atoms with Gasteiger partial charge in [-0.3, -0.25) is 9.79 Å². The monoisotopic (exact) mass is 599 g/mol. The summed E-state index contributed by atoms with van der Waals surface area (Å²) in [6.07, 6.45) is 5.82. The minimum absolute atomic E-state index is 0.0702. The molecule has 2 heterocycles. The van der Waals surface area contributed by atoms with E-state index in [0.29, 0.717) is 22.7 Å². The van der Waals surface area contributed by atoms with E-state index >= 15 is 0 Å². The molecule has 2 aliphatic heterocycles. The molecule has 1 unspecified atom stereocenters. The summed E-state index contributed by atoms with van der Waals surface area (Å²) in [5.41, 5.74) is -0.308. The number of nitrogens with zero attached hydrogens (tertiary/aromatic N) is 2. The molecule has 0 aliphatic carbocycles. The van der Waals surface area contributed by atoms with E-state index in [2.05, 4.69) is 28.6 Å². The average Bonchev–Trinajstić information content (AvgIpc) is 2.80. The van der Waals surface area contributed by atoms with Gasteiger partial charge in [-0.05, 0) is 84.8 Å². The lowest BCUT2D eigenvalue weighted by molar-refractivity contribution is -0.0783. The Morgan fingerprint density at radius 2 is 2.00 bits per heavy atom. The Hall–Kier alpha value is -2.44. The van der Waals surface area contributed by atoms with Gasteiger partial charge in [0.25, 0.3) is 5.91 Å². The lowest BCUT2D eigenvalue weighted by atomic mass is 9.92. The maximum Gasteiger partial charge on any atom is 0.256 e. The van der Waals surface area contributed by atoms with Gasteiger partial charge in [0.15, 0.2) is 11.6 Å². The number of hydrogen-bond donors (Lipinski definition) is 2. The van der Waals surface area contributed by atoms with Gasteiger partial charge in [-0.25, -0.2) is 13.2 Å². The van der Waals surface area contributed by atoms with Crippen molar-refractivity contribution in [3.05, 3.63) is 68.6 Å². The van der Waals surface area contributed by atoms with Gasteiger partial charge in [0.1, 0.15) is 5.82 Å². The Kier molecular flexibility index (Phi) is 7.82. The fraction of sp³-hybridized carbons (Fsp3) is 0.360. The summed E-state index contributed by atoms with van der Waals surface area (Å²) in [7, 11) is 0. The molecule has 2 aromatic carbocycles. The van der Waals surface area contributed by atoms with Crippen molar-refractivity contribution < 1.29 is 23.1 Å². The number of likely N-dealkylation sites (tertiary alicyclic amines) is 1. The molecule has 0 aromatic heterocycles. The van der Waals surface area contributed by atoms with Crippen LogP contribution < -0.4 is 10.6 Å². The van der Waals surface area contributed by atoms with Gasteiger partial charge >= 0.3 is 0 Å². The third-order valence-electron chi connectivity index (χ3n) is 6.06. The number of halogens is 4. The van der Waals surface area contributed by atoms with Crippen molar-refractivity contribution in [2.75, 3.05) is 31.5 Å². The Morgan fingerprint density at radius 3 is 2.69 bits per heavy atom. The predicted molar refractivity (Wildman–Crippen MR) is 139 cm³/mol. The summed E-state index contributed by atoms with van der Waals surface area (Å²) < 4.78 is 43.5. The number of nitrogens with one attached hydrogen (secondary N) is 2. The number of dihydropyridines is 1. The minimum Gasteiger partial charge on any atom is -0.437 e. The summed E-state index contributed by atoms with van der Waals surface area (Å²) in [4.78, 5) is 18.9. The standard InChI is InChI=1S/C25H26F3IN4O2/c1-15-2-3-16(11-31-15)8-9-30-12-25(35)13-33(14-25)24(34)18-5-6-19(26)22(28)23(18)32-21-7-4-17(29)10-20(21)27/h3-7,10-11,15,30,32,35H,2,8-9,12-14H2,1H3/p+1. The SMILES string of the molecule is CC1CC=C(CCNCC2([OH2+])CN(C(=O)c3ccc(F)c(F)c3Nc3ccc(I)cc3F)C2)C=N1. The zero-order valence-corrected chi connectivity index (χ0v) is 21.3. The Bertz CT molecular complexity index is 1180. The number of aliphatic imine (C=N–C) groups is 1. The average molecular weight is 599 g/mol. The summed E-state index contributed by atoms with van der Waals surface area (Å²) in [5, 5.41) is 14.4. The second-order valence-electron chi connectivity index (χ2n) is 9.04. The second-order valence-corrected chi connectivity index (χ2v) is 10.3. The summed E-state index contributed by atoms with van der Waals surface area (Å²) >= 11 is 1.94. The van der Waals surface area contributed by atoms with E-state index in [4.69, 9.17) is 5.11 Å². The van der Waals surface area contributed by atoms with E-state index in [1.54, 1.807) is 6.07 Å². The highest BCUT2D eigenvalue weighted by Gasteiger charge is 2.48. The van der Waals surface area contributed by atoms with Crippen LogP contribution in [0.5, 0.6) is 0 Å². The van der Waals surface area contributed by atoms with Crippen LogP contribution in [-0.4, -0.2) is 60.0 Å². The van der Waals surface area contributed by atoms with Crippen LogP contribution in [0.3, 0.4) is 0 Å². The third kappa shape index (κ3) is 6.04. The van der Waals surface area contributed by atoms with Gasteiger partial charge < -0.3 is 20.6 Å². The molecule has 10 heteroatoms. The van der Waals surface area contributed by atoms with Crippen LogP contribution in [0.2, 0.25) is 0 Å². The van der Waals surface area contributed by atoms with Crippen LogP contribution in [0.15, 0.2) is 47.0 Å². The predicted octanol–water partition coefficient (Wildman–Crippen LogP) is 4.14. The molecule has 0 radical (unpaired) electrons. The van der Waals surface area contributed by atoms with E-state index in [9.17, 15) is 18.0 Å². The van der Waals surface area contributed by atoms with Gasteiger partial charge in [0, 0.05) is 9.78 Å². The van der Waals surface area contributed by atoms with Crippen LogP contribution in [-0.2, 0) is 0 Å². The number of anilines is 2.